The Balaban J connectivity index is 2.62. The van der Waals surface area contributed by atoms with Crippen LogP contribution in [0.4, 0.5) is 4.39 Å². The van der Waals surface area contributed by atoms with Crippen LogP contribution in [0.3, 0.4) is 0 Å². The highest BCUT2D eigenvalue weighted by atomic mass is 32.2. The Morgan fingerprint density at radius 1 is 1.25 bits per heavy atom. The molecule has 1 aromatic carbocycles. The van der Waals surface area contributed by atoms with Crippen molar-refractivity contribution in [1.29, 1.82) is 0 Å². The van der Waals surface area contributed by atoms with Crippen molar-refractivity contribution >= 4 is 9.84 Å². The molecule has 1 rings (SSSR count). The van der Waals surface area contributed by atoms with Crippen molar-refractivity contribution in [2.45, 2.75) is 32.1 Å². The van der Waals surface area contributed by atoms with Crippen LogP contribution < -0.4 is 5.32 Å². The van der Waals surface area contributed by atoms with Crippen LogP contribution in [-0.2, 0) is 9.84 Å². The molecule has 0 aromatic heterocycles. The first-order valence-electron chi connectivity index (χ1n) is 7.06. The topological polar surface area (TPSA) is 46.2 Å². The Hall–Kier alpha value is -0.940. The van der Waals surface area contributed by atoms with Crippen LogP contribution in [-0.4, -0.2) is 33.5 Å². The summed E-state index contributed by atoms with van der Waals surface area (Å²) in [5.41, 5.74) is 1.06. The maximum absolute atomic E-state index is 13.0. The summed E-state index contributed by atoms with van der Waals surface area (Å²) in [6.45, 7) is 3.83. The lowest BCUT2D eigenvalue weighted by molar-refractivity contribution is 0.537. The minimum absolute atomic E-state index is 0.207. The summed E-state index contributed by atoms with van der Waals surface area (Å²) in [6.07, 6.45) is 3.73. The van der Waals surface area contributed by atoms with Gasteiger partial charge in [-0.25, -0.2) is 12.8 Å². The quantitative estimate of drug-likeness (QED) is 0.713. The van der Waals surface area contributed by atoms with Crippen LogP contribution >= 0.6 is 0 Å². The minimum Gasteiger partial charge on any atom is -0.316 e. The molecule has 0 aliphatic rings. The van der Waals surface area contributed by atoms with Gasteiger partial charge < -0.3 is 5.32 Å². The standard InChI is InChI=1S/C15H24FNO2S/c1-3-10-17-12-14(5-4-11-20(2,18)19)13-6-8-15(16)9-7-13/h6-9,14,17H,3-5,10-12H2,1-2H3. The van der Waals surface area contributed by atoms with Crippen LogP contribution in [0.15, 0.2) is 24.3 Å². The van der Waals surface area contributed by atoms with Crippen molar-refractivity contribution in [2.75, 3.05) is 25.1 Å². The lowest BCUT2D eigenvalue weighted by Gasteiger charge is -2.18. The molecule has 1 unspecified atom stereocenters. The van der Waals surface area contributed by atoms with Gasteiger partial charge in [-0.2, -0.15) is 0 Å². The summed E-state index contributed by atoms with van der Waals surface area (Å²) in [5.74, 6) is 0.187. The number of hydrogen-bond acceptors (Lipinski definition) is 3. The van der Waals surface area contributed by atoms with E-state index >= 15 is 0 Å². The molecule has 0 spiro atoms. The second-order valence-electron chi connectivity index (χ2n) is 5.22. The zero-order valence-electron chi connectivity index (χ0n) is 12.2. The maximum atomic E-state index is 13.0. The fraction of sp³-hybridized carbons (Fsp3) is 0.600. The highest BCUT2D eigenvalue weighted by Crippen LogP contribution is 2.21. The van der Waals surface area contributed by atoms with Crippen molar-refractivity contribution < 1.29 is 12.8 Å². The monoisotopic (exact) mass is 301 g/mol. The summed E-state index contributed by atoms with van der Waals surface area (Å²) in [4.78, 5) is 0. The fourth-order valence-electron chi connectivity index (χ4n) is 2.17. The van der Waals surface area contributed by atoms with E-state index in [-0.39, 0.29) is 17.5 Å². The summed E-state index contributed by atoms with van der Waals surface area (Å²) in [6, 6.07) is 6.49. The third-order valence-electron chi connectivity index (χ3n) is 3.23. The van der Waals surface area contributed by atoms with Gasteiger partial charge in [0.15, 0.2) is 0 Å². The molecule has 3 nitrogen and oxygen atoms in total. The number of rotatable bonds is 9. The number of hydrogen-bond donors (Lipinski definition) is 1. The van der Waals surface area contributed by atoms with Crippen LogP contribution in [0, 0.1) is 5.82 Å². The number of benzene rings is 1. The smallest absolute Gasteiger partial charge is 0.147 e. The summed E-state index contributed by atoms with van der Waals surface area (Å²) in [5, 5.41) is 3.35. The average molecular weight is 301 g/mol. The second kappa shape index (κ2) is 8.37. The molecule has 0 fully saturated rings. The molecule has 0 bridgehead atoms. The SMILES string of the molecule is CCCNCC(CCCS(C)(=O)=O)c1ccc(F)cc1. The Bertz CT molecular complexity index is 485. The van der Waals surface area contributed by atoms with Gasteiger partial charge in [-0.15, -0.1) is 0 Å². The Morgan fingerprint density at radius 3 is 2.45 bits per heavy atom. The van der Waals surface area contributed by atoms with Crippen molar-refractivity contribution in [2.24, 2.45) is 0 Å². The lowest BCUT2D eigenvalue weighted by atomic mass is 9.94. The molecule has 1 aromatic rings. The number of nitrogens with one attached hydrogen (secondary N) is 1. The molecule has 0 saturated carbocycles. The zero-order chi connectivity index (χ0) is 15.0. The number of sulfone groups is 1. The van der Waals surface area contributed by atoms with Gasteiger partial charge in [0.2, 0.25) is 0 Å². The second-order valence-corrected chi connectivity index (χ2v) is 7.48. The normalized spacial score (nSPS) is 13.3. The van der Waals surface area contributed by atoms with Gasteiger partial charge in [-0.05, 0) is 49.4 Å². The summed E-state index contributed by atoms with van der Waals surface area (Å²) in [7, 11) is -2.91. The third kappa shape index (κ3) is 7.01. The van der Waals surface area contributed by atoms with Crippen molar-refractivity contribution in [1.82, 2.24) is 5.32 Å². The van der Waals surface area contributed by atoms with E-state index in [1.807, 2.05) is 0 Å². The highest BCUT2D eigenvalue weighted by molar-refractivity contribution is 7.90. The maximum Gasteiger partial charge on any atom is 0.147 e. The van der Waals surface area contributed by atoms with Crippen molar-refractivity contribution in [3.8, 4) is 0 Å². The van der Waals surface area contributed by atoms with Gasteiger partial charge in [0.1, 0.15) is 15.7 Å². The molecule has 5 heteroatoms. The van der Waals surface area contributed by atoms with E-state index in [2.05, 4.69) is 12.2 Å². The Morgan fingerprint density at radius 2 is 1.90 bits per heavy atom. The highest BCUT2D eigenvalue weighted by Gasteiger charge is 2.13. The van der Waals surface area contributed by atoms with E-state index in [1.165, 1.54) is 18.4 Å². The molecular weight excluding hydrogens is 277 g/mol. The zero-order valence-corrected chi connectivity index (χ0v) is 13.0. The van der Waals surface area contributed by atoms with Gasteiger partial charge in [-0.3, -0.25) is 0 Å². The Labute approximate surface area is 121 Å². The van der Waals surface area contributed by atoms with Gasteiger partial charge >= 0.3 is 0 Å². The first-order chi connectivity index (χ1) is 9.42. The molecule has 1 atom stereocenters. The first-order valence-corrected chi connectivity index (χ1v) is 9.12. The molecule has 0 aliphatic heterocycles. The van der Waals surface area contributed by atoms with Gasteiger partial charge in [0, 0.05) is 18.6 Å². The van der Waals surface area contributed by atoms with Crippen molar-refractivity contribution in [3.05, 3.63) is 35.6 Å². The number of halogens is 1. The van der Waals surface area contributed by atoms with E-state index in [0.29, 0.717) is 6.42 Å². The van der Waals surface area contributed by atoms with Crippen LogP contribution in [0.1, 0.15) is 37.7 Å². The lowest BCUT2D eigenvalue weighted by Crippen LogP contribution is -2.23. The molecule has 20 heavy (non-hydrogen) atoms. The van der Waals surface area contributed by atoms with E-state index in [9.17, 15) is 12.8 Å². The predicted octanol–water partition coefficient (Wildman–Crippen LogP) is 2.73. The van der Waals surface area contributed by atoms with Crippen molar-refractivity contribution in [3.63, 3.8) is 0 Å². The fourth-order valence-corrected chi connectivity index (χ4v) is 2.86. The van der Waals surface area contributed by atoms with E-state index in [0.717, 1.165) is 31.5 Å². The summed E-state index contributed by atoms with van der Waals surface area (Å²) < 4.78 is 35.3. The van der Waals surface area contributed by atoms with Crippen LogP contribution in [0.5, 0.6) is 0 Å². The van der Waals surface area contributed by atoms with E-state index < -0.39 is 9.84 Å². The molecule has 0 aliphatic carbocycles. The first kappa shape index (κ1) is 17.1. The van der Waals surface area contributed by atoms with Gasteiger partial charge in [-0.1, -0.05) is 19.1 Å². The third-order valence-corrected chi connectivity index (χ3v) is 4.26. The average Bonchev–Trinajstić information content (AvgIpc) is 2.37. The molecular formula is C15H24FNO2S. The molecule has 1 N–H and O–H groups in total. The summed E-state index contributed by atoms with van der Waals surface area (Å²) >= 11 is 0. The minimum atomic E-state index is -2.91. The van der Waals surface area contributed by atoms with Crippen LogP contribution in [0.25, 0.3) is 0 Å². The van der Waals surface area contributed by atoms with Gasteiger partial charge in [0.05, 0.1) is 0 Å². The molecule has 0 saturated heterocycles. The Kier molecular flexibility index (Phi) is 7.16. The molecule has 114 valence electrons. The van der Waals surface area contributed by atoms with E-state index in [4.69, 9.17) is 0 Å². The van der Waals surface area contributed by atoms with E-state index in [1.54, 1.807) is 12.1 Å². The predicted molar refractivity (Wildman–Crippen MR) is 81.2 cm³/mol. The van der Waals surface area contributed by atoms with Crippen LogP contribution in [0.2, 0.25) is 0 Å². The molecule has 0 heterocycles. The van der Waals surface area contributed by atoms with Gasteiger partial charge in [0.25, 0.3) is 0 Å². The molecule has 0 radical (unpaired) electrons. The largest absolute Gasteiger partial charge is 0.316 e. The molecule has 0 amide bonds.